The number of nitrogens with zero attached hydrogens (tertiary/aromatic N) is 5. The monoisotopic (exact) mass is 638 g/mol. The van der Waals surface area contributed by atoms with Gasteiger partial charge in [-0.05, 0) is 56.7 Å². The highest BCUT2D eigenvalue weighted by Gasteiger charge is 2.62. The van der Waals surface area contributed by atoms with Gasteiger partial charge in [0.1, 0.15) is 23.6 Å². The van der Waals surface area contributed by atoms with Crippen molar-refractivity contribution in [2.24, 2.45) is 5.92 Å². The summed E-state index contributed by atoms with van der Waals surface area (Å²) in [6.45, 7) is 3.48. The third-order valence-electron chi connectivity index (χ3n) is 7.80. The van der Waals surface area contributed by atoms with Crippen molar-refractivity contribution in [3.05, 3.63) is 104 Å². The molecule has 4 aromatic rings. The zero-order valence-electron chi connectivity index (χ0n) is 24.5. The highest BCUT2D eigenvalue weighted by molar-refractivity contribution is 6.03. The van der Waals surface area contributed by atoms with E-state index >= 15 is 4.39 Å². The first kappa shape index (κ1) is 30.7. The van der Waals surface area contributed by atoms with Gasteiger partial charge in [-0.25, -0.2) is 36.9 Å². The third-order valence-corrected chi connectivity index (χ3v) is 7.80. The van der Waals surface area contributed by atoms with E-state index in [4.69, 9.17) is 4.74 Å². The molecule has 2 amide bonds. The lowest BCUT2D eigenvalue weighted by molar-refractivity contribution is -0.135. The molecule has 2 aliphatic rings. The molecule has 0 bridgehead atoms. The van der Waals surface area contributed by atoms with Crippen LogP contribution in [0.3, 0.4) is 0 Å². The van der Waals surface area contributed by atoms with Crippen LogP contribution in [0.1, 0.15) is 47.9 Å². The number of carbonyl (C=O) groups is 2. The number of anilines is 1. The molecule has 2 aromatic heterocycles. The molecule has 1 aliphatic heterocycles. The lowest BCUT2D eigenvalue weighted by Crippen LogP contribution is -2.42. The molecule has 238 valence electrons. The summed E-state index contributed by atoms with van der Waals surface area (Å²) in [6.07, 6.45) is 2.01. The normalized spacial score (nSPS) is 16.6. The number of alkyl halides is 2. The Balaban J connectivity index is 1.21. The summed E-state index contributed by atoms with van der Waals surface area (Å²) in [5.74, 6) is -7.55. The maximum absolute atomic E-state index is 15.2. The van der Waals surface area contributed by atoms with E-state index < -0.39 is 64.6 Å². The summed E-state index contributed by atoms with van der Waals surface area (Å²) in [4.78, 5) is 61.5. The first-order chi connectivity index (χ1) is 21.8. The van der Waals surface area contributed by atoms with Crippen molar-refractivity contribution in [3.63, 3.8) is 0 Å². The molecule has 11 nitrogen and oxygen atoms in total. The molecule has 0 radical (unpaired) electrons. The van der Waals surface area contributed by atoms with Crippen LogP contribution in [-0.2, 0) is 17.8 Å². The minimum Gasteiger partial charge on any atom is -0.436 e. The summed E-state index contributed by atoms with van der Waals surface area (Å²) in [5.41, 5.74) is -1.17. The van der Waals surface area contributed by atoms with Crippen molar-refractivity contribution in [1.82, 2.24) is 24.0 Å². The summed E-state index contributed by atoms with van der Waals surface area (Å²) < 4.78 is 63.1. The number of hydrogen-bond acceptors (Lipinski definition) is 7. The van der Waals surface area contributed by atoms with Crippen LogP contribution in [0.4, 0.5) is 23.2 Å². The minimum atomic E-state index is -2.98. The molecule has 1 saturated carbocycles. The van der Waals surface area contributed by atoms with Crippen LogP contribution in [-0.4, -0.2) is 48.3 Å². The second-order valence-corrected chi connectivity index (χ2v) is 11.3. The van der Waals surface area contributed by atoms with E-state index in [-0.39, 0.29) is 42.5 Å². The van der Waals surface area contributed by atoms with Gasteiger partial charge in [-0.3, -0.25) is 19.0 Å². The second-order valence-electron chi connectivity index (χ2n) is 11.3. The minimum absolute atomic E-state index is 0.0138. The van der Waals surface area contributed by atoms with E-state index in [2.05, 4.69) is 15.3 Å². The number of amides is 2. The summed E-state index contributed by atoms with van der Waals surface area (Å²) in [7, 11) is 0. The molecule has 46 heavy (non-hydrogen) atoms. The number of aromatic nitrogens is 4. The van der Waals surface area contributed by atoms with Crippen LogP contribution >= 0.6 is 0 Å². The Morgan fingerprint density at radius 3 is 2.43 bits per heavy atom. The predicted octanol–water partition coefficient (Wildman–Crippen LogP) is 4.23. The summed E-state index contributed by atoms with van der Waals surface area (Å²) in [5, 5.41) is 2.45. The molecular weight excluding hydrogens is 612 g/mol. The maximum Gasteiger partial charge on any atom is 0.335 e. The van der Waals surface area contributed by atoms with Gasteiger partial charge in [-0.1, -0.05) is 0 Å². The van der Waals surface area contributed by atoms with E-state index in [1.807, 2.05) is 0 Å². The van der Waals surface area contributed by atoms with Crippen LogP contribution < -0.4 is 21.3 Å². The van der Waals surface area contributed by atoms with Crippen LogP contribution in [0.25, 0.3) is 5.69 Å². The van der Waals surface area contributed by atoms with Crippen molar-refractivity contribution in [3.8, 4) is 17.3 Å². The van der Waals surface area contributed by atoms with Gasteiger partial charge in [-0.2, -0.15) is 0 Å². The number of rotatable bonds is 7. The molecule has 1 aliphatic carbocycles. The predicted molar refractivity (Wildman–Crippen MR) is 155 cm³/mol. The van der Waals surface area contributed by atoms with Crippen LogP contribution in [0.5, 0.6) is 11.6 Å². The number of benzene rings is 2. The lowest BCUT2D eigenvalue weighted by atomic mass is 10.1. The van der Waals surface area contributed by atoms with Crippen molar-refractivity contribution in [2.75, 3.05) is 11.9 Å². The SMILES string of the molecule is CC(C)n1cc(C(=O)Nc2ccc(Oc3ncnc4c3CCN(C(=O)C3CC3(F)F)C4)c(F)c2)c(=O)n(-c2ccc(F)cc2)c1=O. The van der Waals surface area contributed by atoms with Crippen LogP contribution in [0, 0.1) is 17.6 Å². The average molecular weight is 639 g/mol. The fourth-order valence-corrected chi connectivity index (χ4v) is 5.18. The van der Waals surface area contributed by atoms with Gasteiger partial charge in [0, 0.05) is 42.5 Å². The fourth-order valence-electron chi connectivity index (χ4n) is 5.18. The number of carbonyl (C=O) groups excluding carboxylic acids is 2. The van der Waals surface area contributed by atoms with Gasteiger partial charge in [-0.15, -0.1) is 0 Å². The largest absolute Gasteiger partial charge is 0.436 e. The lowest BCUT2D eigenvalue weighted by Gasteiger charge is -2.28. The molecule has 0 spiro atoms. The van der Waals surface area contributed by atoms with Gasteiger partial charge < -0.3 is 15.0 Å². The first-order valence-corrected chi connectivity index (χ1v) is 14.3. The maximum atomic E-state index is 15.2. The molecule has 1 unspecified atom stereocenters. The molecule has 2 aromatic carbocycles. The van der Waals surface area contributed by atoms with Crippen molar-refractivity contribution >= 4 is 17.5 Å². The Bertz CT molecular complexity index is 1990. The van der Waals surface area contributed by atoms with Crippen molar-refractivity contribution < 1.29 is 31.9 Å². The molecule has 0 saturated heterocycles. The molecule has 15 heteroatoms. The highest BCUT2D eigenvalue weighted by Crippen LogP contribution is 2.50. The number of ether oxygens (including phenoxy) is 1. The van der Waals surface area contributed by atoms with Crippen molar-refractivity contribution in [1.29, 1.82) is 0 Å². The third kappa shape index (κ3) is 5.75. The van der Waals surface area contributed by atoms with Gasteiger partial charge in [0.2, 0.25) is 11.8 Å². The van der Waals surface area contributed by atoms with Gasteiger partial charge in [0.25, 0.3) is 17.4 Å². The zero-order chi connectivity index (χ0) is 32.9. The molecule has 1 fully saturated rings. The van der Waals surface area contributed by atoms with Crippen molar-refractivity contribution in [2.45, 2.75) is 45.2 Å². The Labute approximate surface area is 258 Å². The van der Waals surface area contributed by atoms with E-state index in [0.717, 1.165) is 35.3 Å². The number of fused-ring (bicyclic) bond motifs is 1. The zero-order valence-corrected chi connectivity index (χ0v) is 24.5. The molecule has 1 atom stereocenters. The Morgan fingerprint density at radius 1 is 1.07 bits per heavy atom. The number of hydrogen-bond donors (Lipinski definition) is 1. The Kier molecular flexibility index (Phi) is 7.70. The second kappa shape index (κ2) is 11.5. The van der Waals surface area contributed by atoms with Gasteiger partial charge in [0.15, 0.2) is 11.6 Å². The average Bonchev–Trinajstić information content (AvgIpc) is 3.66. The Morgan fingerprint density at radius 2 is 1.78 bits per heavy atom. The quantitative estimate of drug-likeness (QED) is 0.300. The Hall–Kier alpha value is -5.34. The summed E-state index contributed by atoms with van der Waals surface area (Å²) in [6, 6.07) is 7.71. The van der Waals surface area contributed by atoms with E-state index in [1.54, 1.807) is 13.8 Å². The summed E-state index contributed by atoms with van der Waals surface area (Å²) >= 11 is 0. The topological polar surface area (TPSA) is 128 Å². The van der Waals surface area contributed by atoms with E-state index in [0.29, 0.717) is 11.3 Å². The highest BCUT2D eigenvalue weighted by atomic mass is 19.3. The van der Waals surface area contributed by atoms with Crippen LogP contribution in [0.15, 0.2) is 64.6 Å². The van der Waals surface area contributed by atoms with E-state index in [1.165, 1.54) is 33.7 Å². The number of nitrogens with one attached hydrogen (secondary N) is 1. The smallest absolute Gasteiger partial charge is 0.335 e. The molecule has 3 heterocycles. The van der Waals surface area contributed by atoms with Gasteiger partial charge in [0.05, 0.1) is 17.9 Å². The standard InChI is InChI=1S/C31H26F4N6O5/c1-16(2)40-13-21(28(43)41(30(40)45)19-6-3-17(32)4-7-19)26(42)38-18-5-8-25(23(33)11-18)46-27-20-9-10-39(14-24(20)36-15-37-27)29(44)22-12-31(22,34)35/h3-8,11,13,15-16,22H,9-10,12,14H2,1-2H3,(H,38,42). The molecular formula is C31H26F4N6O5. The molecule has 6 rings (SSSR count). The van der Waals surface area contributed by atoms with Crippen LogP contribution in [0.2, 0.25) is 0 Å². The number of halogens is 4. The van der Waals surface area contributed by atoms with Gasteiger partial charge >= 0.3 is 5.69 Å². The fraction of sp³-hybridized carbons (Fsp3) is 0.290. The van der Waals surface area contributed by atoms with E-state index in [9.17, 15) is 32.3 Å². The molecule has 1 N–H and O–H groups in total. The first-order valence-electron chi connectivity index (χ1n) is 14.3.